The minimum atomic E-state index is 0.873. The molecule has 0 aliphatic rings. The fraction of sp³-hybridized carbons (Fsp3) is 0.0667. The van der Waals surface area contributed by atoms with E-state index in [2.05, 4.69) is 51.0 Å². The van der Waals surface area contributed by atoms with Crippen LogP contribution in [-0.2, 0) is 0 Å². The van der Waals surface area contributed by atoms with Crippen LogP contribution in [0.2, 0.25) is 0 Å². The third kappa shape index (κ3) is 2.58. The van der Waals surface area contributed by atoms with Gasteiger partial charge in [-0.05, 0) is 42.8 Å². The van der Waals surface area contributed by atoms with Crippen LogP contribution in [0.1, 0.15) is 5.56 Å². The van der Waals surface area contributed by atoms with E-state index in [9.17, 15) is 0 Å². The molecule has 2 heterocycles. The molecule has 0 aliphatic heterocycles. The van der Waals surface area contributed by atoms with Crippen molar-refractivity contribution in [1.29, 1.82) is 0 Å². The van der Waals surface area contributed by atoms with Crippen molar-refractivity contribution in [1.82, 2.24) is 14.5 Å². The topological polar surface area (TPSA) is 30.7 Å². The van der Waals surface area contributed by atoms with Crippen LogP contribution in [0.15, 0.2) is 59.6 Å². The summed E-state index contributed by atoms with van der Waals surface area (Å²) in [6, 6.07) is 12.1. The van der Waals surface area contributed by atoms with Gasteiger partial charge in [0.2, 0.25) is 0 Å². The number of halogens is 1. The van der Waals surface area contributed by atoms with Gasteiger partial charge in [-0.1, -0.05) is 22.0 Å². The number of rotatable bonds is 2. The normalized spacial score (nSPS) is 10.6. The molecule has 0 N–H and O–H groups in total. The lowest BCUT2D eigenvalue weighted by atomic mass is 10.2. The van der Waals surface area contributed by atoms with Gasteiger partial charge in [-0.3, -0.25) is 4.98 Å². The van der Waals surface area contributed by atoms with Gasteiger partial charge in [0.25, 0.3) is 0 Å². The van der Waals surface area contributed by atoms with Crippen LogP contribution in [0.3, 0.4) is 0 Å². The van der Waals surface area contributed by atoms with Crippen LogP contribution in [0, 0.1) is 6.92 Å². The van der Waals surface area contributed by atoms with E-state index < -0.39 is 0 Å². The first kappa shape index (κ1) is 12.1. The highest BCUT2D eigenvalue weighted by Gasteiger charge is 2.05. The van der Waals surface area contributed by atoms with E-state index in [1.807, 2.05) is 35.3 Å². The lowest BCUT2D eigenvalue weighted by molar-refractivity contribution is 1.05. The van der Waals surface area contributed by atoms with Gasteiger partial charge in [-0.15, -0.1) is 0 Å². The van der Waals surface area contributed by atoms with Gasteiger partial charge in [-0.2, -0.15) is 0 Å². The third-order valence-electron chi connectivity index (χ3n) is 2.83. The van der Waals surface area contributed by atoms with Gasteiger partial charge in [0.15, 0.2) is 0 Å². The molecule has 3 aromatic rings. The quantitative estimate of drug-likeness (QED) is 0.715. The fourth-order valence-corrected chi connectivity index (χ4v) is 2.57. The van der Waals surface area contributed by atoms with Crippen molar-refractivity contribution in [2.24, 2.45) is 0 Å². The fourth-order valence-electron chi connectivity index (χ4n) is 1.98. The van der Waals surface area contributed by atoms with Crippen LogP contribution >= 0.6 is 15.9 Å². The van der Waals surface area contributed by atoms with Gasteiger partial charge >= 0.3 is 0 Å². The van der Waals surface area contributed by atoms with Crippen molar-refractivity contribution in [3.05, 3.63) is 65.2 Å². The molecule has 19 heavy (non-hydrogen) atoms. The van der Waals surface area contributed by atoms with Crippen LogP contribution in [0.4, 0.5) is 0 Å². The second kappa shape index (κ2) is 4.97. The molecule has 0 bridgehead atoms. The van der Waals surface area contributed by atoms with Crippen molar-refractivity contribution >= 4 is 15.9 Å². The number of imidazole rings is 1. The lowest BCUT2D eigenvalue weighted by Crippen LogP contribution is -1.90. The first-order chi connectivity index (χ1) is 9.22. The molecule has 0 fully saturated rings. The predicted octanol–water partition coefficient (Wildman–Crippen LogP) is 4.01. The van der Waals surface area contributed by atoms with Gasteiger partial charge in [0.05, 0.1) is 12.0 Å². The van der Waals surface area contributed by atoms with Crippen LogP contribution < -0.4 is 0 Å². The number of hydrogen-bond donors (Lipinski definition) is 0. The van der Waals surface area contributed by atoms with E-state index in [-0.39, 0.29) is 0 Å². The Kier molecular flexibility index (Phi) is 3.17. The van der Waals surface area contributed by atoms with E-state index in [1.54, 1.807) is 6.20 Å². The van der Waals surface area contributed by atoms with E-state index in [0.29, 0.717) is 0 Å². The summed E-state index contributed by atoms with van der Waals surface area (Å²) in [6.07, 6.45) is 5.58. The molecular weight excluding hydrogens is 302 g/mol. The molecule has 0 aliphatic carbocycles. The SMILES string of the molecule is Cc1cc(Br)cc(-n2cnc(-c3ccccn3)c2)c1. The molecule has 1 aromatic carbocycles. The summed E-state index contributed by atoms with van der Waals surface area (Å²) in [5.41, 5.74) is 4.05. The molecular formula is C15H12BrN3. The highest BCUT2D eigenvalue weighted by Crippen LogP contribution is 2.21. The lowest BCUT2D eigenvalue weighted by Gasteiger charge is -2.04. The van der Waals surface area contributed by atoms with E-state index in [0.717, 1.165) is 21.5 Å². The van der Waals surface area contributed by atoms with E-state index >= 15 is 0 Å². The summed E-state index contributed by atoms with van der Waals surface area (Å²) >= 11 is 3.52. The largest absolute Gasteiger partial charge is 0.306 e. The number of aryl methyl sites for hydroxylation is 1. The Morgan fingerprint density at radius 2 is 1.95 bits per heavy atom. The van der Waals surface area contributed by atoms with Crippen molar-refractivity contribution in [2.45, 2.75) is 6.92 Å². The monoisotopic (exact) mass is 313 g/mol. The van der Waals surface area contributed by atoms with Crippen LogP contribution in [0.25, 0.3) is 17.1 Å². The molecule has 2 aromatic heterocycles. The average Bonchev–Trinajstić information content (AvgIpc) is 2.88. The number of aromatic nitrogens is 3. The first-order valence-electron chi connectivity index (χ1n) is 5.95. The van der Waals surface area contributed by atoms with Crippen molar-refractivity contribution < 1.29 is 0 Å². The summed E-state index contributed by atoms with van der Waals surface area (Å²) < 4.78 is 3.07. The maximum Gasteiger partial charge on any atom is 0.107 e. The molecule has 0 saturated carbocycles. The van der Waals surface area contributed by atoms with Gasteiger partial charge in [0, 0.05) is 22.6 Å². The maximum absolute atomic E-state index is 4.41. The highest BCUT2D eigenvalue weighted by atomic mass is 79.9. The molecule has 94 valence electrons. The summed E-state index contributed by atoms with van der Waals surface area (Å²) in [5.74, 6) is 0. The summed E-state index contributed by atoms with van der Waals surface area (Å²) in [6.45, 7) is 2.07. The average molecular weight is 314 g/mol. The zero-order valence-electron chi connectivity index (χ0n) is 10.4. The minimum Gasteiger partial charge on any atom is -0.306 e. The minimum absolute atomic E-state index is 0.873. The predicted molar refractivity (Wildman–Crippen MR) is 79.2 cm³/mol. The van der Waals surface area contributed by atoms with Crippen molar-refractivity contribution in [2.75, 3.05) is 0 Å². The van der Waals surface area contributed by atoms with Gasteiger partial charge in [-0.25, -0.2) is 4.98 Å². The van der Waals surface area contributed by atoms with Crippen LogP contribution in [-0.4, -0.2) is 14.5 Å². The Labute approximate surface area is 120 Å². The molecule has 0 spiro atoms. The molecule has 0 saturated heterocycles. The second-order valence-corrected chi connectivity index (χ2v) is 5.28. The van der Waals surface area contributed by atoms with Gasteiger partial charge < -0.3 is 4.57 Å². The smallest absolute Gasteiger partial charge is 0.107 e. The van der Waals surface area contributed by atoms with Crippen molar-refractivity contribution in [3.63, 3.8) is 0 Å². The first-order valence-corrected chi connectivity index (χ1v) is 6.74. The zero-order chi connectivity index (χ0) is 13.2. The Bertz CT molecular complexity index is 684. The molecule has 0 atom stereocenters. The van der Waals surface area contributed by atoms with E-state index in [1.165, 1.54) is 5.56 Å². The molecule has 3 nitrogen and oxygen atoms in total. The molecule has 0 unspecified atom stereocenters. The maximum atomic E-state index is 4.41. The number of benzene rings is 1. The Morgan fingerprint density at radius 1 is 1.05 bits per heavy atom. The zero-order valence-corrected chi connectivity index (χ0v) is 12.0. The second-order valence-electron chi connectivity index (χ2n) is 4.37. The Hall–Kier alpha value is -1.94. The molecule has 4 heteroatoms. The van der Waals surface area contributed by atoms with Crippen LogP contribution in [0.5, 0.6) is 0 Å². The highest BCUT2D eigenvalue weighted by molar-refractivity contribution is 9.10. The third-order valence-corrected chi connectivity index (χ3v) is 3.29. The van der Waals surface area contributed by atoms with E-state index in [4.69, 9.17) is 0 Å². The number of pyridine rings is 1. The molecule has 0 amide bonds. The number of hydrogen-bond acceptors (Lipinski definition) is 2. The summed E-state index contributed by atoms with van der Waals surface area (Å²) in [5, 5.41) is 0. The Morgan fingerprint density at radius 3 is 2.68 bits per heavy atom. The molecule has 0 radical (unpaired) electrons. The van der Waals surface area contributed by atoms with Crippen molar-refractivity contribution in [3.8, 4) is 17.1 Å². The standard InChI is InChI=1S/C15H12BrN3/c1-11-6-12(16)8-13(7-11)19-9-15(18-10-19)14-4-2-3-5-17-14/h2-10H,1H3. The Balaban J connectivity index is 2.02. The molecule has 3 rings (SSSR count). The number of nitrogens with zero attached hydrogens (tertiary/aromatic N) is 3. The summed E-state index contributed by atoms with van der Waals surface area (Å²) in [4.78, 5) is 8.71. The van der Waals surface area contributed by atoms with Gasteiger partial charge in [0.1, 0.15) is 5.69 Å². The summed E-state index contributed by atoms with van der Waals surface area (Å²) in [7, 11) is 0.